The molecule has 1 aromatic rings. The maximum atomic E-state index is 12.8. The maximum absolute atomic E-state index is 12.8. The van der Waals surface area contributed by atoms with E-state index < -0.39 is 0 Å². The van der Waals surface area contributed by atoms with Crippen molar-refractivity contribution in [3.63, 3.8) is 0 Å². The molecule has 3 nitrogen and oxygen atoms in total. The van der Waals surface area contributed by atoms with Crippen molar-refractivity contribution in [2.75, 3.05) is 6.61 Å². The molecule has 88 valence electrons. The first-order valence-electron chi connectivity index (χ1n) is 5.64. The number of nitrogens with one attached hydrogen (secondary N) is 1. The van der Waals surface area contributed by atoms with Crippen molar-refractivity contribution < 1.29 is 9.13 Å². The van der Waals surface area contributed by atoms with E-state index in [-0.39, 0.29) is 18.0 Å². The van der Waals surface area contributed by atoms with Gasteiger partial charge in [0.25, 0.3) is 0 Å². The topological polar surface area (TPSA) is 47.3 Å². The largest absolute Gasteiger partial charge is 0.376 e. The van der Waals surface area contributed by atoms with Crippen LogP contribution in [0.15, 0.2) is 24.3 Å². The van der Waals surface area contributed by atoms with Crippen LogP contribution in [0.1, 0.15) is 30.9 Å². The number of nitrogens with two attached hydrogens (primary N) is 1. The van der Waals surface area contributed by atoms with E-state index in [0.717, 1.165) is 31.4 Å². The number of benzene rings is 1. The number of halogens is 1. The van der Waals surface area contributed by atoms with Gasteiger partial charge < -0.3 is 4.74 Å². The molecule has 1 aromatic carbocycles. The van der Waals surface area contributed by atoms with Crippen molar-refractivity contribution in [2.24, 2.45) is 5.84 Å². The first-order chi connectivity index (χ1) is 7.81. The first kappa shape index (κ1) is 11.5. The number of hydrogen-bond acceptors (Lipinski definition) is 3. The molecule has 0 aromatic heterocycles. The molecular formula is C12H17FN2O. The zero-order chi connectivity index (χ0) is 11.4. The van der Waals surface area contributed by atoms with Gasteiger partial charge in [0.2, 0.25) is 0 Å². The molecule has 0 aliphatic carbocycles. The minimum absolute atomic E-state index is 0.0547. The highest BCUT2D eigenvalue weighted by Crippen LogP contribution is 2.25. The van der Waals surface area contributed by atoms with Crippen LogP contribution >= 0.6 is 0 Å². The molecule has 1 saturated heterocycles. The Hall–Kier alpha value is -0.970. The highest BCUT2D eigenvalue weighted by molar-refractivity contribution is 5.21. The van der Waals surface area contributed by atoms with Crippen LogP contribution in [0.2, 0.25) is 0 Å². The molecule has 3 N–H and O–H groups in total. The summed E-state index contributed by atoms with van der Waals surface area (Å²) in [5, 5.41) is 0. The van der Waals surface area contributed by atoms with Crippen LogP contribution in [0.4, 0.5) is 4.39 Å². The van der Waals surface area contributed by atoms with Gasteiger partial charge in [0.15, 0.2) is 0 Å². The molecule has 2 unspecified atom stereocenters. The van der Waals surface area contributed by atoms with Gasteiger partial charge in [0, 0.05) is 6.61 Å². The molecule has 1 heterocycles. The van der Waals surface area contributed by atoms with Crippen molar-refractivity contribution in [1.29, 1.82) is 0 Å². The molecule has 1 aliphatic rings. The maximum Gasteiger partial charge on any atom is 0.123 e. The molecule has 2 rings (SSSR count). The van der Waals surface area contributed by atoms with Gasteiger partial charge in [0.1, 0.15) is 5.82 Å². The molecule has 0 amide bonds. The number of rotatable bonds is 3. The van der Waals surface area contributed by atoms with E-state index in [4.69, 9.17) is 10.6 Å². The van der Waals surface area contributed by atoms with Crippen molar-refractivity contribution in [1.82, 2.24) is 5.43 Å². The Morgan fingerprint density at radius 2 is 2.06 bits per heavy atom. The lowest BCUT2D eigenvalue weighted by Gasteiger charge is -2.30. The summed E-state index contributed by atoms with van der Waals surface area (Å²) in [6.07, 6.45) is 3.34. The smallest absolute Gasteiger partial charge is 0.123 e. The van der Waals surface area contributed by atoms with Crippen LogP contribution in [0.25, 0.3) is 0 Å². The Morgan fingerprint density at radius 3 is 2.62 bits per heavy atom. The second-order valence-corrected chi connectivity index (χ2v) is 4.10. The second-order valence-electron chi connectivity index (χ2n) is 4.10. The lowest BCUT2D eigenvalue weighted by molar-refractivity contribution is -0.00823. The summed E-state index contributed by atoms with van der Waals surface area (Å²) in [6, 6.07) is 6.33. The fraction of sp³-hybridized carbons (Fsp3) is 0.500. The summed E-state index contributed by atoms with van der Waals surface area (Å²) in [5.41, 5.74) is 3.73. The van der Waals surface area contributed by atoms with Gasteiger partial charge in [0.05, 0.1) is 12.1 Å². The minimum atomic E-state index is -0.232. The van der Waals surface area contributed by atoms with Gasteiger partial charge in [-0.2, -0.15) is 0 Å². The Labute approximate surface area is 94.8 Å². The summed E-state index contributed by atoms with van der Waals surface area (Å²) in [6.45, 7) is 0.782. The SMILES string of the molecule is NNC(c1ccc(F)cc1)C1CCCCO1. The van der Waals surface area contributed by atoms with Crippen molar-refractivity contribution >= 4 is 0 Å². The third kappa shape index (κ3) is 2.58. The molecule has 4 heteroatoms. The van der Waals surface area contributed by atoms with Crippen LogP contribution in [-0.4, -0.2) is 12.7 Å². The molecule has 0 bridgehead atoms. The summed E-state index contributed by atoms with van der Waals surface area (Å²) in [4.78, 5) is 0. The molecule has 1 fully saturated rings. The lowest BCUT2D eigenvalue weighted by Crippen LogP contribution is -2.39. The molecule has 0 saturated carbocycles. The molecular weight excluding hydrogens is 207 g/mol. The van der Waals surface area contributed by atoms with Crippen molar-refractivity contribution in [2.45, 2.75) is 31.4 Å². The predicted octanol–water partition coefficient (Wildman–Crippen LogP) is 1.90. The van der Waals surface area contributed by atoms with Gasteiger partial charge in [-0.15, -0.1) is 0 Å². The standard InChI is InChI=1S/C12H17FN2O/c13-10-6-4-9(5-7-10)12(15-14)11-3-1-2-8-16-11/h4-7,11-12,15H,1-3,8,14H2. The van der Waals surface area contributed by atoms with Gasteiger partial charge in [-0.3, -0.25) is 11.3 Å². The Balaban J connectivity index is 2.11. The van der Waals surface area contributed by atoms with E-state index in [2.05, 4.69) is 5.43 Å². The fourth-order valence-electron chi connectivity index (χ4n) is 2.12. The zero-order valence-corrected chi connectivity index (χ0v) is 9.16. The summed E-state index contributed by atoms with van der Waals surface area (Å²) >= 11 is 0. The van der Waals surface area contributed by atoms with Crippen LogP contribution in [-0.2, 0) is 4.74 Å². The van der Waals surface area contributed by atoms with Gasteiger partial charge in [-0.05, 0) is 37.0 Å². The zero-order valence-electron chi connectivity index (χ0n) is 9.16. The van der Waals surface area contributed by atoms with Crippen LogP contribution in [0.3, 0.4) is 0 Å². The van der Waals surface area contributed by atoms with E-state index in [1.165, 1.54) is 12.1 Å². The Morgan fingerprint density at radius 1 is 1.31 bits per heavy atom. The molecule has 2 atom stereocenters. The van der Waals surface area contributed by atoms with Gasteiger partial charge >= 0.3 is 0 Å². The summed E-state index contributed by atoms with van der Waals surface area (Å²) < 4.78 is 18.5. The van der Waals surface area contributed by atoms with Crippen LogP contribution in [0.5, 0.6) is 0 Å². The fourth-order valence-corrected chi connectivity index (χ4v) is 2.12. The average Bonchev–Trinajstić information content (AvgIpc) is 2.34. The van der Waals surface area contributed by atoms with Crippen LogP contribution in [0, 0.1) is 5.82 Å². The summed E-state index contributed by atoms with van der Waals surface area (Å²) in [7, 11) is 0. The highest BCUT2D eigenvalue weighted by Gasteiger charge is 2.24. The predicted molar refractivity (Wildman–Crippen MR) is 60.1 cm³/mol. The Bertz CT molecular complexity index is 322. The number of hydrazine groups is 1. The van der Waals surface area contributed by atoms with Crippen LogP contribution < -0.4 is 11.3 Å². The molecule has 16 heavy (non-hydrogen) atoms. The number of ether oxygens (including phenoxy) is 1. The van der Waals surface area contributed by atoms with E-state index in [1.807, 2.05) is 0 Å². The molecule has 0 radical (unpaired) electrons. The molecule has 1 aliphatic heterocycles. The molecule has 0 spiro atoms. The van der Waals surface area contributed by atoms with Gasteiger partial charge in [-0.25, -0.2) is 4.39 Å². The van der Waals surface area contributed by atoms with Crippen molar-refractivity contribution in [3.8, 4) is 0 Å². The third-order valence-electron chi connectivity index (χ3n) is 3.00. The highest BCUT2D eigenvalue weighted by atomic mass is 19.1. The quantitative estimate of drug-likeness (QED) is 0.609. The number of hydrogen-bond donors (Lipinski definition) is 2. The van der Waals surface area contributed by atoms with E-state index in [1.54, 1.807) is 12.1 Å². The van der Waals surface area contributed by atoms with Gasteiger partial charge in [-0.1, -0.05) is 12.1 Å². The van der Waals surface area contributed by atoms with E-state index in [9.17, 15) is 4.39 Å². The lowest BCUT2D eigenvalue weighted by atomic mass is 9.96. The third-order valence-corrected chi connectivity index (χ3v) is 3.00. The minimum Gasteiger partial charge on any atom is -0.376 e. The van der Waals surface area contributed by atoms with Crippen molar-refractivity contribution in [3.05, 3.63) is 35.6 Å². The average molecular weight is 224 g/mol. The van der Waals surface area contributed by atoms with E-state index in [0.29, 0.717) is 0 Å². The first-order valence-corrected chi connectivity index (χ1v) is 5.64. The summed E-state index contributed by atoms with van der Waals surface area (Å²) in [5.74, 6) is 5.32. The monoisotopic (exact) mass is 224 g/mol. The second kappa shape index (κ2) is 5.39. The normalized spacial score (nSPS) is 23.0. The Kier molecular flexibility index (Phi) is 3.88. The van der Waals surface area contributed by atoms with E-state index >= 15 is 0 Å².